The van der Waals surface area contributed by atoms with Crippen LogP contribution in [0.2, 0.25) is 0 Å². The second kappa shape index (κ2) is 7.45. The van der Waals surface area contributed by atoms with E-state index in [1.54, 1.807) is 42.5 Å². The Hall–Kier alpha value is -4.73. The van der Waals surface area contributed by atoms with Crippen molar-refractivity contribution in [1.82, 2.24) is 15.1 Å². The van der Waals surface area contributed by atoms with E-state index in [0.717, 1.165) is 0 Å². The molecule has 164 valence electrons. The molecule has 5 rings (SSSR count). The van der Waals surface area contributed by atoms with Gasteiger partial charge in [-0.1, -0.05) is 36.4 Å². The number of phenols is 1. The lowest BCUT2D eigenvalue weighted by Gasteiger charge is -2.26. The number of amides is 2. The maximum Gasteiger partial charge on any atom is 0.415 e. The number of aromatic hydroxyl groups is 1. The SMILES string of the molecule is O=C1NC(=O)C(Cc2ccc(O)cc2-n2ncc3cc([N+](=O)[O-])ccc32)(c2ccccc2)O1. The van der Waals surface area contributed by atoms with Gasteiger partial charge in [-0.25, -0.2) is 9.48 Å². The number of nitro groups is 1. The quantitative estimate of drug-likeness (QED) is 0.356. The van der Waals surface area contributed by atoms with Crippen molar-refractivity contribution in [1.29, 1.82) is 0 Å². The number of aromatic nitrogens is 2. The number of nitro benzene ring substituents is 1. The largest absolute Gasteiger partial charge is 0.508 e. The molecule has 0 saturated carbocycles. The van der Waals surface area contributed by atoms with Gasteiger partial charge in [0.15, 0.2) is 0 Å². The van der Waals surface area contributed by atoms with E-state index in [9.17, 15) is 24.8 Å². The third-order valence-electron chi connectivity index (χ3n) is 5.59. The summed E-state index contributed by atoms with van der Waals surface area (Å²) in [5, 5.41) is 28.4. The molecule has 2 N–H and O–H groups in total. The number of hydrogen-bond acceptors (Lipinski definition) is 7. The molecule has 1 aliphatic rings. The van der Waals surface area contributed by atoms with Gasteiger partial charge in [-0.2, -0.15) is 5.10 Å². The lowest BCUT2D eigenvalue weighted by Crippen LogP contribution is -2.39. The maximum atomic E-state index is 12.9. The van der Waals surface area contributed by atoms with Crippen molar-refractivity contribution in [2.24, 2.45) is 0 Å². The zero-order valence-corrected chi connectivity index (χ0v) is 17.0. The van der Waals surface area contributed by atoms with Crippen molar-refractivity contribution in [3.05, 3.63) is 94.2 Å². The lowest BCUT2D eigenvalue weighted by atomic mass is 9.86. The summed E-state index contributed by atoms with van der Waals surface area (Å²) in [6.07, 6.45) is 0.602. The molecule has 10 nitrogen and oxygen atoms in total. The number of alkyl carbamates (subject to hydrolysis) is 1. The maximum absolute atomic E-state index is 12.9. The number of cyclic esters (lactones) is 1. The highest BCUT2D eigenvalue weighted by Crippen LogP contribution is 2.37. The van der Waals surface area contributed by atoms with Crippen LogP contribution in [0.5, 0.6) is 5.75 Å². The molecule has 1 unspecified atom stereocenters. The van der Waals surface area contributed by atoms with Crippen molar-refractivity contribution >= 4 is 28.6 Å². The summed E-state index contributed by atoms with van der Waals surface area (Å²) >= 11 is 0. The summed E-state index contributed by atoms with van der Waals surface area (Å²) in [7, 11) is 0. The fraction of sp³-hybridized carbons (Fsp3) is 0.0870. The van der Waals surface area contributed by atoms with Crippen LogP contribution in [-0.4, -0.2) is 31.8 Å². The van der Waals surface area contributed by atoms with Crippen LogP contribution in [0.15, 0.2) is 72.9 Å². The Labute approximate surface area is 186 Å². The fourth-order valence-corrected chi connectivity index (χ4v) is 4.03. The zero-order chi connectivity index (χ0) is 23.2. The molecule has 0 bridgehead atoms. The number of carbonyl (C=O) groups excluding carboxylic acids is 2. The smallest absolute Gasteiger partial charge is 0.415 e. The molecular formula is C23H16N4O6. The summed E-state index contributed by atoms with van der Waals surface area (Å²) < 4.78 is 7.03. The van der Waals surface area contributed by atoms with E-state index in [1.807, 2.05) is 0 Å². The van der Waals surface area contributed by atoms with Crippen LogP contribution in [0.3, 0.4) is 0 Å². The van der Waals surface area contributed by atoms with E-state index in [0.29, 0.717) is 27.7 Å². The average molecular weight is 444 g/mol. The van der Waals surface area contributed by atoms with E-state index in [4.69, 9.17) is 4.74 Å². The highest BCUT2D eigenvalue weighted by molar-refractivity contribution is 6.03. The standard InChI is InChI=1S/C23H16N4O6/c28-18-8-6-14(12-23(16-4-2-1-3-5-16)21(29)25-22(30)33-23)20(11-18)26-19-9-7-17(27(31)32)10-15(19)13-24-26/h1-11,13,28H,12H2,(H,25,29,30). The van der Waals surface area contributed by atoms with Crippen LogP contribution >= 0.6 is 0 Å². The molecule has 0 spiro atoms. The predicted octanol–water partition coefficient (Wildman–Crippen LogP) is 3.34. The molecule has 2 heterocycles. The number of benzene rings is 3. The molecule has 4 aromatic rings. The molecule has 1 saturated heterocycles. The molecule has 0 radical (unpaired) electrons. The van der Waals surface area contributed by atoms with Crippen molar-refractivity contribution in [3.8, 4) is 11.4 Å². The van der Waals surface area contributed by atoms with Crippen molar-refractivity contribution in [2.45, 2.75) is 12.0 Å². The van der Waals surface area contributed by atoms with Gasteiger partial charge in [0.1, 0.15) is 5.75 Å². The molecule has 33 heavy (non-hydrogen) atoms. The second-order valence-corrected chi connectivity index (χ2v) is 7.58. The van der Waals surface area contributed by atoms with Crippen LogP contribution in [0, 0.1) is 10.1 Å². The highest BCUT2D eigenvalue weighted by atomic mass is 16.6. The minimum absolute atomic E-state index is 0.0292. The average Bonchev–Trinajstić information content (AvgIpc) is 3.35. The van der Waals surface area contributed by atoms with Crippen molar-refractivity contribution in [3.63, 3.8) is 0 Å². The van der Waals surface area contributed by atoms with E-state index in [2.05, 4.69) is 10.4 Å². The number of fused-ring (bicyclic) bond motifs is 1. The topological polar surface area (TPSA) is 137 Å². The van der Waals surface area contributed by atoms with E-state index >= 15 is 0 Å². The Balaban J connectivity index is 1.66. The molecule has 3 aromatic carbocycles. The number of ether oxygens (including phenoxy) is 1. The fourth-order valence-electron chi connectivity index (χ4n) is 4.03. The van der Waals surface area contributed by atoms with Gasteiger partial charge in [0.05, 0.1) is 22.3 Å². The number of imide groups is 1. The Morgan fingerprint density at radius 3 is 2.58 bits per heavy atom. The van der Waals surface area contributed by atoms with Gasteiger partial charge in [-0.05, 0) is 17.7 Å². The summed E-state index contributed by atoms with van der Waals surface area (Å²) in [6.45, 7) is 0. The molecule has 10 heteroatoms. The van der Waals surface area contributed by atoms with Crippen LogP contribution in [0.1, 0.15) is 11.1 Å². The molecule has 1 aliphatic heterocycles. The van der Waals surface area contributed by atoms with Crippen LogP contribution in [-0.2, 0) is 21.6 Å². The monoisotopic (exact) mass is 444 g/mol. The third-order valence-corrected chi connectivity index (χ3v) is 5.59. The summed E-state index contributed by atoms with van der Waals surface area (Å²) in [6, 6.07) is 17.5. The summed E-state index contributed by atoms with van der Waals surface area (Å²) in [5.41, 5.74) is 0.374. The number of phenolic OH excluding ortho intramolecular Hbond substituents is 1. The number of non-ortho nitro benzene ring substituents is 1. The van der Waals surface area contributed by atoms with Gasteiger partial charge in [0, 0.05) is 35.6 Å². The first-order valence-corrected chi connectivity index (χ1v) is 9.92. The van der Waals surface area contributed by atoms with Gasteiger partial charge in [-0.15, -0.1) is 0 Å². The number of hydrogen-bond donors (Lipinski definition) is 2. The molecule has 0 aliphatic carbocycles. The zero-order valence-electron chi connectivity index (χ0n) is 17.0. The number of carbonyl (C=O) groups is 2. The summed E-state index contributed by atoms with van der Waals surface area (Å²) in [4.78, 5) is 35.5. The Bertz CT molecular complexity index is 1430. The first-order chi connectivity index (χ1) is 15.9. The number of rotatable bonds is 5. The minimum Gasteiger partial charge on any atom is -0.508 e. The Morgan fingerprint density at radius 1 is 1.09 bits per heavy atom. The van der Waals surface area contributed by atoms with Gasteiger partial charge in [0.25, 0.3) is 11.6 Å². The Morgan fingerprint density at radius 2 is 1.88 bits per heavy atom. The highest BCUT2D eigenvalue weighted by Gasteiger charge is 2.50. The first kappa shape index (κ1) is 20.2. The minimum atomic E-state index is -1.61. The van der Waals surface area contributed by atoms with E-state index in [-0.39, 0.29) is 17.9 Å². The third kappa shape index (κ3) is 3.33. The van der Waals surface area contributed by atoms with Gasteiger partial charge < -0.3 is 9.84 Å². The van der Waals surface area contributed by atoms with Crippen molar-refractivity contribution < 1.29 is 24.4 Å². The van der Waals surface area contributed by atoms with Gasteiger partial charge in [-0.3, -0.25) is 20.2 Å². The first-order valence-electron chi connectivity index (χ1n) is 9.92. The summed E-state index contributed by atoms with van der Waals surface area (Å²) in [5.74, 6) is -0.639. The predicted molar refractivity (Wildman–Crippen MR) is 116 cm³/mol. The van der Waals surface area contributed by atoms with E-state index in [1.165, 1.54) is 35.1 Å². The molecular weight excluding hydrogens is 428 g/mol. The number of nitrogens with zero attached hydrogens (tertiary/aromatic N) is 3. The molecule has 1 atom stereocenters. The van der Waals surface area contributed by atoms with Crippen LogP contribution < -0.4 is 5.32 Å². The molecule has 1 aromatic heterocycles. The van der Waals surface area contributed by atoms with Gasteiger partial charge >= 0.3 is 6.09 Å². The lowest BCUT2D eigenvalue weighted by molar-refractivity contribution is -0.384. The Kier molecular flexibility index (Phi) is 4.56. The van der Waals surface area contributed by atoms with Crippen molar-refractivity contribution in [2.75, 3.05) is 0 Å². The van der Waals surface area contributed by atoms with Crippen LogP contribution in [0.4, 0.5) is 10.5 Å². The normalized spacial score (nSPS) is 17.7. The second-order valence-electron chi connectivity index (χ2n) is 7.58. The molecule has 1 fully saturated rings. The van der Waals surface area contributed by atoms with E-state index < -0.39 is 22.5 Å². The number of nitrogens with one attached hydrogen (secondary N) is 1. The van der Waals surface area contributed by atoms with Crippen LogP contribution in [0.25, 0.3) is 16.6 Å². The van der Waals surface area contributed by atoms with Gasteiger partial charge in [0.2, 0.25) is 5.60 Å². The molecule has 2 amide bonds.